The second-order valence-electron chi connectivity index (χ2n) is 4.87. The molecule has 0 aromatic heterocycles. The number of carbonyl (C=O) groups is 1. The molecule has 0 bridgehead atoms. The number of ketones is 1. The Kier molecular flexibility index (Phi) is 4.07. The number of Topliss-reactive ketones (excluding diaryl/α,β-unsaturated/α-hetero) is 1. The second kappa shape index (κ2) is 5.59. The Morgan fingerprint density at radius 2 is 2.05 bits per heavy atom. The van der Waals surface area contributed by atoms with Gasteiger partial charge < -0.3 is 19.5 Å². The number of carbonyl (C=O) groups excluding carboxylic acids is 1. The average molecular weight is 265 g/mol. The van der Waals surface area contributed by atoms with E-state index >= 15 is 0 Å². The maximum Gasteiger partial charge on any atom is 0.189 e. The molecule has 1 N–H and O–H groups in total. The largest absolute Gasteiger partial charge is 0.497 e. The third-order valence-corrected chi connectivity index (χ3v) is 2.93. The normalized spacial score (nSPS) is 22.1. The summed E-state index contributed by atoms with van der Waals surface area (Å²) in [5.74, 6) is 0.0468. The summed E-state index contributed by atoms with van der Waals surface area (Å²) in [4.78, 5) is 11.7. The molecule has 1 aliphatic rings. The van der Waals surface area contributed by atoms with Gasteiger partial charge in [-0.1, -0.05) is 0 Å². The molecule has 1 saturated heterocycles. The van der Waals surface area contributed by atoms with Crippen LogP contribution in [0.1, 0.15) is 13.8 Å². The van der Waals surface area contributed by atoms with E-state index in [1.54, 1.807) is 21.0 Å². The maximum absolute atomic E-state index is 11.7. The van der Waals surface area contributed by atoms with Gasteiger partial charge in [-0.2, -0.15) is 0 Å². The molecule has 104 valence electrons. The second-order valence-corrected chi connectivity index (χ2v) is 4.87. The Balaban J connectivity index is 1.91. The van der Waals surface area contributed by atoms with Crippen molar-refractivity contribution in [3.8, 4) is 5.75 Å². The monoisotopic (exact) mass is 265 g/mol. The Morgan fingerprint density at radius 1 is 1.37 bits per heavy atom. The zero-order chi connectivity index (χ0) is 13.9. The number of methoxy groups -OCH3 is 1. The smallest absolute Gasteiger partial charge is 0.189 e. The molecular formula is C14H19NO4. The molecule has 0 amide bonds. The van der Waals surface area contributed by atoms with Crippen LogP contribution in [0.4, 0.5) is 5.69 Å². The van der Waals surface area contributed by atoms with Gasteiger partial charge in [0.25, 0.3) is 0 Å². The van der Waals surface area contributed by atoms with Gasteiger partial charge in [0.1, 0.15) is 18.5 Å². The van der Waals surface area contributed by atoms with Crippen LogP contribution in [0, 0.1) is 0 Å². The molecule has 0 radical (unpaired) electrons. The van der Waals surface area contributed by atoms with Crippen LogP contribution < -0.4 is 10.1 Å². The van der Waals surface area contributed by atoms with Gasteiger partial charge in [-0.3, -0.25) is 4.79 Å². The zero-order valence-electron chi connectivity index (χ0n) is 11.4. The number of hydrogen-bond acceptors (Lipinski definition) is 5. The van der Waals surface area contributed by atoms with Crippen LogP contribution in [-0.2, 0) is 14.3 Å². The van der Waals surface area contributed by atoms with E-state index in [-0.39, 0.29) is 12.4 Å². The van der Waals surface area contributed by atoms with Gasteiger partial charge in [-0.15, -0.1) is 0 Å². The van der Waals surface area contributed by atoms with E-state index in [1.165, 1.54) is 0 Å². The van der Waals surface area contributed by atoms with Crippen LogP contribution in [0.2, 0.25) is 0 Å². The lowest BCUT2D eigenvalue weighted by Crippen LogP contribution is -2.48. The number of anilines is 1. The highest BCUT2D eigenvalue weighted by Crippen LogP contribution is 2.21. The van der Waals surface area contributed by atoms with E-state index in [0.29, 0.717) is 6.54 Å². The first-order valence-electron chi connectivity index (χ1n) is 6.22. The number of rotatable bonds is 4. The van der Waals surface area contributed by atoms with Crippen molar-refractivity contribution in [1.29, 1.82) is 0 Å². The highest BCUT2D eigenvalue weighted by Gasteiger charge is 2.34. The van der Waals surface area contributed by atoms with Gasteiger partial charge in [0, 0.05) is 12.2 Å². The lowest BCUT2D eigenvalue weighted by Gasteiger charge is -2.35. The van der Waals surface area contributed by atoms with Crippen LogP contribution in [-0.4, -0.2) is 37.9 Å². The summed E-state index contributed by atoms with van der Waals surface area (Å²) in [5, 5.41) is 3.18. The van der Waals surface area contributed by atoms with Crippen molar-refractivity contribution < 1.29 is 19.0 Å². The quantitative estimate of drug-likeness (QED) is 0.900. The van der Waals surface area contributed by atoms with Crippen molar-refractivity contribution >= 4 is 11.5 Å². The van der Waals surface area contributed by atoms with E-state index in [2.05, 4.69) is 5.32 Å². The van der Waals surface area contributed by atoms with E-state index in [4.69, 9.17) is 14.2 Å². The summed E-state index contributed by atoms with van der Waals surface area (Å²) in [5.41, 5.74) is 0.918. The molecule has 1 aromatic carbocycles. The molecule has 0 saturated carbocycles. The highest BCUT2D eigenvalue weighted by molar-refractivity contribution is 5.85. The molecule has 1 aromatic rings. The Morgan fingerprint density at radius 3 is 2.68 bits per heavy atom. The first-order chi connectivity index (χ1) is 9.00. The number of hydrogen-bond donors (Lipinski definition) is 1. The molecule has 1 heterocycles. The minimum Gasteiger partial charge on any atom is -0.497 e. The fraction of sp³-hybridized carbons (Fsp3) is 0.500. The van der Waals surface area contributed by atoms with Crippen LogP contribution >= 0.6 is 0 Å². The molecule has 2 rings (SSSR count). The number of nitrogens with one attached hydrogen (secondary N) is 1. The Hall–Kier alpha value is -1.59. The van der Waals surface area contributed by atoms with Crippen molar-refractivity contribution in [3.63, 3.8) is 0 Å². The lowest BCUT2D eigenvalue weighted by atomic mass is 10.2. The van der Waals surface area contributed by atoms with Crippen molar-refractivity contribution in [2.45, 2.75) is 25.7 Å². The first kappa shape index (κ1) is 13.8. The third-order valence-electron chi connectivity index (χ3n) is 2.93. The van der Waals surface area contributed by atoms with E-state index in [0.717, 1.165) is 11.4 Å². The molecular weight excluding hydrogens is 246 g/mol. The lowest BCUT2D eigenvalue weighted by molar-refractivity contribution is -0.255. The molecule has 0 unspecified atom stereocenters. The third kappa shape index (κ3) is 3.68. The van der Waals surface area contributed by atoms with Crippen LogP contribution in [0.5, 0.6) is 5.75 Å². The van der Waals surface area contributed by atoms with Gasteiger partial charge in [0.2, 0.25) is 0 Å². The summed E-state index contributed by atoms with van der Waals surface area (Å²) in [7, 11) is 1.62. The first-order valence-corrected chi connectivity index (χ1v) is 6.22. The predicted molar refractivity (Wildman–Crippen MR) is 71.4 cm³/mol. The summed E-state index contributed by atoms with van der Waals surface area (Å²) in [6, 6.07) is 7.51. The topological polar surface area (TPSA) is 56.8 Å². The minimum absolute atomic E-state index is 0.0414. The van der Waals surface area contributed by atoms with Crippen molar-refractivity contribution in [2.24, 2.45) is 0 Å². The molecule has 1 fully saturated rings. The van der Waals surface area contributed by atoms with Crippen LogP contribution in [0.15, 0.2) is 24.3 Å². The van der Waals surface area contributed by atoms with Gasteiger partial charge >= 0.3 is 0 Å². The molecule has 5 heteroatoms. The summed E-state index contributed by atoms with van der Waals surface area (Å²) in [6.07, 6.45) is -0.481. The van der Waals surface area contributed by atoms with Crippen molar-refractivity contribution in [3.05, 3.63) is 24.3 Å². The van der Waals surface area contributed by atoms with Gasteiger partial charge in [0.15, 0.2) is 11.6 Å². The Bertz CT molecular complexity index is 441. The van der Waals surface area contributed by atoms with Gasteiger partial charge in [-0.05, 0) is 38.1 Å². The molecule has 5 nitrogen and oxygen atoms in total. The molecule has 19 heavy (non-hydrogen) atoms. The fourth-order valence-corrected chi connectivity index (χ4v) is 1.86. The Labute approximate surface area is 112 Å². The van der Waals surface area contributed by atoms with Crippen LogP contribution in [0.3, 0.4) is 0 Å². The van der Waals surface area contributed by atoms with Crippen molar-refractivity contribution in [1.82, 2.24) is 0 Å². The summed E-state index contributed by atoms with van der Waals surface area (Å²) in [6.45, 7) is 4.14. The molecule has 1 atom stereocenters. The predicted octanol–water partition coefficient (Wildman–Crippen LogP) is 1.83. The maximum atomic E-state index is 11.7. The molecule has 0 spiro atoms. The highest BCUT2D eigenvalue weighted by atomic mass is 16.7. The van der Waals surface area contributed by atoms with E-state index in [1.807, 2.05) is 24.3 Å². The number of ether oxygens (including phenoxy) is 3. The van der Waals surface area contributed by atoms with E-state index in [9.17, 15) is 4.79 Å². The summed E-state index contributed by atoms with van der Waals surface area (Å²) < 4.78 is 16.0. The molecule has 0 aliphatic carbocycles. The number of benzene rings is 1. The van der Waals surface area contributed by atoms with Gasteiger partial charge in [0.05, 0.1) is 7.11 Å². The SMILES string of the molecule is COc1ccc(NC[C@@H]2OC(C)(C)OCC2=O)cc1. The fourth-order valence-electron chi connectivity index (χ4n) is 1.86. The van der Waals surface area contributed by atoms with Crippen LogP contribution in [0.25, 0.3) is 0 Å². The zero-order valence-corrected chi connectivity index (χ0v) is 11.4. The van der Waals surface area contributed by atoms with Gasteiger partial charge in [-0.25, -0.2) is 0 Å². The standard InChI is InChI=1S/C14H19NO4/c1-14(2)18-9-12(16)13(19-14)8-15-10-4-6-11(17-3)7-5-10/h4-7,13,15H,8-9H2,1-3H3/t13-/m0/s1. The van der Waals surface area contributed by atoms with Crippen molar-refractivity contribution in [2.75, 3.05) is 25.6 Å². The summed E-state index contributed by atoms with van der Waals surface area (Å²) >= 11 is 0. The average Bonchev–Trinajstić information content (AvgIpc) is 2.40. The van der Waals surface area contributed by atoms with E-state index < -0.39 is 11.9 Å². The minimum atomic E-state index is -0.708. The molecule has 1 aliphatic heterocycles.